The van der Waals surface area contributed by atoms with Gasteiger partial charge in [0.15, 0.2) is 0 Å². The second-order valence-electron chi connectivity index (χ2n) is 5.46. The summed E-state index contributed by atoms with van der Waals surface area (Å²) >= 11 is 0. The highest BCUT2D eigenvalue weighted by atomic mass is 15.1. The molecule has 0 radical (unpaired) electrons. The van der Waals surface area contributed by atoms with E-state index in [0.717, 1.165) is 11.8 Å². The fourth-order valence-corrected chi connectivity index (χ4v) is 2.81. The van der Waals surface area contributed by atoms with Crippen molar-refractivity contribution in [2.75, 3.05) is 26.2 Å². The van der Waals surface area contributed by atoms with Crippen LogP contribution in [-0.2, 0) is 0 Å². The van der Waals surface area contributed by atoms with Gasteiger partial charge in [0.05, 0.1) is 0 Å². The molecule has 3 unspecified atom stereocenters. The third kappa shape index (κ3) is 4.42. The topological polar surface area (TPSA) is 15.3 Å². The predicted octanol–water partition coefficient (Wildman–Crippen LogP) is 2.74. The normalized spacial score (nSPS) is 27.6. The van der Waals surface area contributed by atoms with Crippen LogP contribution in [0.3, 0.4) is 0 Å². The first-order valence-electron chi connectivity index (χ1n) is 7.13. The lowest BCUT2D eigenvalue weighted by molar-refractivity contribution is 0.261. The van der Waals surface area contributed by atoms with Crippen LogP contribution in [0.15, 0.2) is 0 Å². The molecule has 96 valence electrons. The molecule has 3 atom stereocenters. The van der Waals surface area contributed by atoms with E-state index >= 15 is 0 Å². The molecule has 0 amide bonds. The van der Waals surface area contributed by atoms with Gasteiger partial charge in [-0.3, -0.25) is 0 Å². The van der Waals surface area contributed by atoms with E-state index in [1.54, 1.807) is 0 Å². The maximum absolute atomic E-state index is 3.71. The summed E-state index contributed by atoms with van der Waals surface area (Å²) in [5, 5.41) is 3.71. The Morgan fingerprint density at radius 1 is 1.25 bits per heavy atom. The molecule has 2 heteroatoms. The van der Waals surface area contributed by atoms with Gasteiger partial charge in [0.1, 0.15) is 0 Å². The third-order valence-corrected chi connectivity index (χ3v) is 4.19. The van der Waals surface area contributed by atoms with Crippen molar-refractivity contribution in [1.29, 1.82) is 0 Å². The van der Waals surface area contributed by atoms with Crippen LogP contribution >= 0.6 is 0 Å². The van der Waals surface area contributed by atoms with E-state index in [2.05, 4.69) is 37.9 Å². The Bertz CT molecular complexity index is 178. The molecule has 0 saturated heterocycles. The Balaban J connectivity index is 2.16. The van der Waals surface area contributed by atoms with E-state index in [9.17, 15) is 0 Å². The van der Waals surface area contributed by atoms with Gasteiger partial charge in [-0.1, -0.05) is 33.6 Å². The second kappa shape index (κ2) is 7.29. The number of nitrogens with one attached hydrogen (secondary N) is 1. The van der Waals surface area contributed by atoms with Crippen molar-refractivity contribution < 1.29 is 0 Å². The van der Waals surface area contributed by atoms with E-state index in [0.29, 0.717) is 6.04 Å². The van der Waals surface area contributed by atoms with Crippen molar-refractivity contribution in [2.24, 2.45) is 11.8 Å². The van der Waals surface area contributed by atoms with Crippen LogP contribution in [0.4, 0.5) is 0 Å². The highest BCUT2D eigenvalue weighted by Gasteiger charge is 2.23. The van der Waals surface area contributed by atoms with Gasteiger partial charge in [-0.15, -0.1) is 0 Å². The van der Waals surface area contributed by atoms with Crippen LogP contribution in [0, 0.1) is 11.8 Å². The van der Waals surface area contributed by atoms with Crippen LogP contribution in [0.5, 0.6) is 0 Å². The SMILES string of the molecule is CCN(CC)CC(C)NCC1CCCC1C. The zero-order valence-electron chi connectivity index (χ0n) is 11.6. The average molecular weight is 226 g/mol. The van der Waals surface area contributed by atoms with E-state index in [-0.39, 0.29) is 0 Å². The van der Waals surface area contributed by atoms with Gasteiger partial charge in [-0.2, -0.15) is 0 Å². The summed E-state index contributed by atoms with van der Waals surface area (Å²) in [7, 11) is 0. The number of rotatable bonds is 7. The van der Waals surface area contributed by atoms with Gasteiger partial charge in [-0.25, -0.2) is 0 Å². The molecule has 16 heavy (non-hydrogen) atoms. The molecule has 0 aromatic heterocycles. The largest absolute Gasteiger partial charge is 0.313 e. The minimum absolute atomic E-state index is 0.632. The van der Waals surface area contributed by atoms with Crippen molar-refractivity contribution in [3.05, 3.63) is 0 Å². The Kier molecular flexibility index (Phi) is 6.37. The van der Waals surface area contributed by atoms with Crippen molar-refractivity contribution in [2.45, 2.75) is 53.0 Å². The number of hydrogen-bond acceptors (Lipinski definition) is 2. The number of hydrogen-bond donors (Lipinski definition) is 1. The lowest BCUT2D eigenvalue weighted by atomic mass is 9.98. The van der Waals surface area contributed by atoms with Gasteiger partial charge in [0.2, 0.25) is 0 Å². The van der Waals surface area contributed by atoms with E-state index < -0.39 is 0 Å². The highest BCUT2D eigenvalue weighted by Crippen LogP contribution is 2.30. The molecule has 0 aromatic rings. The third-order valence-electron chi connectivity index (χ3n) is 4.19. The fourth-order valence-electron chi connectivity index (χ4n) is 2.81. The van der Waals surface area contributed by atoms with Crippen LogP contribution in [-0.4, -0.2) is 37.1 Å². The lowest BCUT2D eigenvalue weighted by Gasteiger charge is -2.25. The Morgan fingerprint density at radius 3 is 2.44 bits per heavy atom. The molecule has 0 aliphatic heterocycles. The number of nitrogens with zero attached hydrogens (tertiary/aromatic N) is 1. The summed E-state index contributed by atoms with van der Waals surface area (Å²) in [5.74, 6) is 1.87. The molecule has 1 rings (SSSR count). The van der Waals surface area contributed by atoms with Gasteiger partial charge >= 0.3 is 0 Å². The molecule has 0 aromatic carbocycles. The molecule has 0 bridgehead atoms. The zero-order valence-corrected chi connectivity index (χ0v) is 11.6. The van der Waals surface area contributed by atoms with Gasteiger partial charge in [-0.05, 0) is 44.8 Å². The summed E-state index contributed by atoms with van der Waals surface area (Å²) in [4.78, 5) is 2.50. The van der Waals surface area contributed by atoms with Crippen molar-refractivity contribution in [1.82, 2.24) is 10.2 Å². The van der Waals surface area contributed by atoms with E-state index in [4.69, 9.17) is 0 Å². The Morgan fingerprint density at radius 2 is 1.94 bits per heavy atom. The summed E-state index contributed by atoms with van der Waals surface area (Å²) in [6, 6.07) is 0.632. The molecule has 1 aliphatic carbocycles. The first kappa shape index (κ1) is 14.0. The van der Waals surface area contributed by atoms with Crippen molar-refractivity contribution >= 4 is 0 Å². The molecule has 2 nitrogen and oxygen atoms in total. The molecule has 1 saturated carbocycles. The Hall–Kier alpha value is -0.0800. The van der Waals surface area contributed by atoms with E-state index in [1.807, 2.05) is 0 Å². The standard InChI is InChI=1S/C14H30N2/c1-5-16(6-2)11-13(4)15-10-14-9-7-8-12(14)3/h12-15H,5-11H2,1-4H3. The molecule has 1 N–H and O–H groups in total. The fraction of sp³-hybridized carbons (Fsp3) is 1.00. The summed E-state index contributed by atoms with van der Waals surface area (Å²) in [6.07, 6.45) is 4.32. The maximum atomic E-state index is 3.71. The highest BCUT2D eigenvalue weighted by molar-refractivity contribution is 4.77. The monoisotopic (exact) mass is 226 g/mol. The Labute approximate surface area is 102 Å². The summed E-state index contributed by atoms with van der Waals surface area (Å²) < 4.78 is 0. The summed E-state index contributed by atoms with van der Waals surface area (Å²) in [5.41, 5.74) is 0. The molecule has 1 fully saturated rings. The van der Waals surface area contributed by atoms with Crippen molar-refractivity contribution in [3.63, 3.8) is 0 Å². The first-order chi connectivity index (χ1) is 7.67. The second-order valence-corrected chi connectivity index (χ2v) is 5.46. The van der Waals surface area contributed by atoms with Gasteiger partial charge in [0.25, 0.3) is 0 Å². The number of likely N-dealkylation sites (N-methyl/N-ethyl adjacent to an activating group) is 1. The molecule has 1 aliphatic rings. The smallest absolute Gasteiger partial charge is 0.0166 e. The summed E-state index contributed by atoms with van der Waals surface area (Å²) in [6.45, 7) is 14.0. The van der Waals surface area contributed by atoms with Crippen molar-refractivity contribution in [3.8, 4) is 0 Å². The first-order valence-corrected chi connectivity index (χ1v) is 7.13. The maximum Gasteiger partial charge on any atom is 0.0166 e. The van der Waals surface area contributed by atoms with Crippen LogP contribution in [0.2, 0.25) is 0 Å². The van der Waals surface area contributed by atoms with Gasteiger partial charge < -0.3 is 10.2 Å². The minimum atomic E-state index is 0.632. The van der Waals surface area contributed by atoms with Crippen LogP contribution in [0.25, 0.3) is 0 Å². The van der Waals surface area contributed by atoms with E-state index in [1.165, 1.54) is 45.4 Å². The minimum Gasteiger partial charge on any atom is -0.313 e. The molecule has 0 heterocycles. The zero-order chi connectivity index (χ0) is 12.0. The quantitative estimate of drug-likeness (QED) is 0.718. The van der Waals surface area contributed by atoms with Crippen LogP contribution < -0.4 is 5.32 Å². The molecular formula is C14H30N2. The average Bonchev–Trinajstić information content (AvgIpc) is 2.69. The van der Waals surface area contributed by atoms with Gasteiger partial charge in [0, 0.05) is 12.6 Å². The lowest BCUT2D eigenvalue weighted by Crippen LogP contribution is -2.41. The molecule has 0 spiro atoms. The molecular weight excluding hydrogens is 196 g/mol. The predicted molar refractivity (Wildman–Crippen MR) is 71.8 cm³/mol. The van der Waals surface area contributed by atoms with Crippen LogP contribution in [0.1, 0.15) is 47.0 Å².